The van der Waals surface area contributed by atoms with Gasteiger partial charge in [-0.25, -0.2) is 4.79 Å². The molecule has 2 N–H and O–H groups in total. The van der Waals surface area contributed by atoms with Crippen LogP contribution in [0, 0.1) is 0 Å². The number of carboxylic acids is 1. The molecule has 0 fully saturated rings. The van der Waals surface area contributed by atoms with E-state index in [-0.39, 0.29) is 5.69 Å². The maximum Gasteiger partial charge on any atom is 0.353 e. The molecule has 0 saturated heterocycles. The van der Waals surface area contributed by atoms with Crippen LogP contribution in [0.4, 0.5) is 0 Å². The van der Waals surface area contributed by atoms with E-state index in [1.54, 1.807) is 24.5 Å². The van der Waals surface area contributed by atoms with Crippen LogP contribution in [-0.4, -0.2) is 21.0 Å². The molecule has 0 aliphatic rings. The lowest BCUT2D eigenvalue weighted by atomic mass is 10.1. The first-order valence-corrected chi connectivity index (χ1v) is 4.55. The number of carbonyl (C=O) groups is 1. The molecule has 0 aliphatic heterocycles. The van der Waals surface area contributed by atoms with Gasteiger partial charge in [-0.2, -0.15) is 0 Å². The highest BCUT2D eigenvalue weighted by Crippen LogP contribution is 2.19. The summed E-state index contributed by atoms with van der Waals surface area (Å²) in [6, 6.07) is 6.14. The summed E-state index contributed by atoms with van der Waals surface area (Å²) >= 11 is 0. The quantitative estimate of drug-likeness (QED) is 0.788. The van der Waals surface area contributed by atoms with E-state index in [9.17, 15) is 9.59 Å². The summed E-state index contributed by atoms with van der Waals surface area (Å²) in [6.07, 6.45) is 3.12. The number of hydrogen-bond acceptors (Lipinski definition) is 3. The molecule has 5 heteroatoms. The average Bonchev–Trinajstić information content (AvgIpc) is 2.30. The van der Waals surface area contributed by atoms with E-state index in [4.69, 9.17) is 5.11 Å². The highest BCUT2D eigenvalue weighted by molar-refractivity contribution is 5.93. The van der Waals surface area contributed by atoms with Gasteiger partial charge in [0.15, 0.2) is 0 Å². The number of rotatable bonds is 2. The van der Waals surface area contributed by atoms with Gasteiger partial charge in [0.05, 0.1) is 0 Å². The van der Waals surface area contributed by atoms with Gasteiger partial charge in [-0.3, -0.25) is 9.78 Å². The number of H-pyrrole nitrogens is 1. The van der Waals surface area contributed by atoms with E-state index in [2.05, 4.69) is 9.97 Å². The average molecular weight is 216 g/mol. The van der Waals surface area contributed by atoms with E-state index < -0.39 is 11.5 Å². The van der Waals surface area contributed by atoms with Gasteiger partial charge < -0.3 is 10.1 Å². The Kier molecular flexibility index (Phi) is 2.51. The maximum absolute atomic E-state index is 11.0. The zero-order chi connectivity index (χ0) is 11.5. The fourth-order valence-corrected chi connectivity index (χ4v) is 1.42. The molecule has 2 aromatic heterocycles. The number of nitrogens with one attached hydrogen (secondary N) is 1. The molecule has 0 radical (unpaired) electrons. The Hall–Kier alpha value is -2.43. The van der Waals surface area contributed by atoms with Crippen molar-refractivity contribution in [3.63, 3.8) is 0 Å². The molecule has 2 heterocycles. The van der Waals surface area contributed by atoms with Gasteiger partial charge in [0.1, 0.15) is 5.69 Å². The van der Waals surface area contributed by atoms with Crippen LogP contribution < -0.4 is 5.56 Å². The second-order valence-electron chi connectivity index (χ2n) is 3.15. The van der Waals surface area contributed by atoms with Crippen LogP contribution in [-0.2, 0) is 0 Å². The lowest BCUT2D eigenvalue weighted by Gasteiger charge is -2.04. The van der Waals surface area contributed by atoms with E-state index in [1.807, 2.05) is 0 Å². The Morgan fingerprint density at radius 2 is 1.88 bits per heavy atom. The number of aromatic nitrogens is 2. The summed E-state index contributed by atoms with van der Waals surface area (Å²) in [6.45, 7) is 0. The normalized spacial score (nSPS) is 10.0. The van der Waals surface area contributed by atoms with E-state index in [0.29, 0.717) is 11.1 Å². The molecule has 0 amide bonds. The fourth-order valence-electron chi connectivity index (χ4n) is 1.42. The van der Waals surface area contributed by atoms with Crippen molar-refractivity contribution < 1.29 is 9.90 Å². The number of nitrogens with zero attached hydrogens (tertiary/aromatic N) is 1. The van der Waals surface area contributed by atoms with Crippen LogP contribution >= 0.6 is 0 Å². The van der Waals surface area contributed by atoms with Crippen molar-refractivity contribution in [2.24, 2.45) is 0 Å². The van der Waals surface area contributed by atoms with Crippen LogP contribution in [0.2, 0.25) is 0 Å². The van der Waals surface area contributed by atoms with E-state index in [1.165, 1.54) is 12.1 Å². The van der Waals surface area contributed by atoms with Gasteiger partial charge in [0.2, 0.25) is 5.56 Å². The first kappa shape index (κ1) is 10.1. The van der Waals surface area contributed by atoms with Gasteiger partial charge in [-0.05, 0) is 23.8 Å². The molecule has 80 valence electrons. The zero-order valence-electron chi connectivity index (χ0n) is 8.18. The topological polar surface area (TPSA) is 83.0 Å². The SMILES string of the molecule is O=C(O)c1[nH]c(=O)ccc1-c1ccncc1. The summed E-state index contributed by atoms with van der Waals surface area (Å²) in [5, 5.41) is 8.97. The molecular formula is C11H8N2O3. The lowest BCUT2D eigenvalue weighted by Crippen LogP contribution is -2.12. The number of hydrogen-bond donors (Lipinski definition) is 2. The molecule has 16 heavy (non-hydrogen) atoms. The standard InChI is InChI=1S/C11H8N2O3/c14-9-2-1-8(10(13-9)11(15)16)7-3-5-12-6-4-7/h1-6H,(H,13,14)(H,15,16). The van der Waals surface area contributed by atoms with Crippen molar-refractivity contribution in [2.75, 3.05) is 0 Å². The molecule has 5 nitrogen and oxygen atoms in total. The van der Waals surface area contributed by atoms with Gasteiger partial charge in [-0.15, -0.1) is 0 Å². The molecule has 0 unspecified atom stereocenters. The van der Waals surface area contributed by atoms with Crippen LogP contribution in [0.25, 0.3) is 11.1 Å². The molecule has 0 spiro atoms. The van der Waals surface area contributed by atoms with E-state index >= 15 is 0 Å². The molecule has 2 aromatic rings. The van der Waals surface area contributed by atoms with Crippen molar-refractivity contribution in [2.45, 2.75) is 0 Å². The third-order valence-electron chi connectivity index (χ3n) is 2.12. The monoisotopic (exact) mass is 216 g/mol. The zero-order valence-corrected chi connectivity index (χ0v) is 8.18. The largest absolute Gasteiger partial charge is 0.477 e. The highest BCUT2D eigenvalue weighted by atomic mass is 16.4. The summed E-state index contributed by atoms with van der Waals surface area (Å²) in [5.74, 6) is -1.16. The molecule has 0 aromatic carbocycles. The number of carboxylic acid groups (broad SMARTS) is 1. The molecule has 2 rings (SSSR count). The van der Waals surface area contributed by atoms with Gasteiger partial charge in [0, 0.05) is 24.0 Å². The molecule has 0 saturated carbocycles. The summed E-state index contributed by atoms with van der Waals surface area (Å²) in [4.78, 5) is 28.2. The minimum atomic E-state index is -1.16. The van der Waals surface area contributed by atoms with Crippen LogP contribution in [0.3, 0.4) is 0 Å². The Morgan fingerprint density at radius 1 is 1.19 bits per heavy atom. The van der Waals surface area contributed by atoms with Gasteiger partial charge in [0.25, 0.3) is 0 Å². The van der Waals surface area contributed by atoms with Crippen molar-refractivity contribution in [3.8, 4) is 11.1 Å². The van der Waals surface area contributed by atoms with Crippen molar-refractivity contribution in [1.82, 2.24) is 9.97 Å². The number of pyridine rings is 2. The maximum atomic E-state index is 11.0. The molecule has 0 bridgehead atoms. The molecule has 0 atom stereocenters. The smallest absolute Gasteiger partial charge is 0.353 e. The lowest BCUT2D eigenvalue weighted by molar-refractivity contribution is 0.0691. The second kappa shape index (κ2) is 3.98. The fraction of sp³-hybridized carbons (Fsp3) is 0. The van der Waals surface area contributed by atoms with Crippen molar-refractivity contribution in [3.05, 3.63) is 52.7 Å². The predicted molar refractivity (Wildman–Crippen MR) is 57.3 cm³/mol. The predicted octanol–water partition coefficient (Wildman–Crippen LogP) is 1.14. The minimum Gasteiger partial charge on any atom is -0.477 e. The molecule has 0 aliphatic carbocycles. The Bertz CT molecular complexity index is 575. The van der Waals surface area contributed by atoms with Crippen LogP contribution in [0.5, 0.6) is 0 Å². The van der Waals surface area contributed by atoms with E-state index in [0.717, 1.165) is 0 Å². The Labute approximate surface area is 90.4 Å². The second-order valence-corrected chi connectivity index (χ2v) is 3.15. The number of aromatic amines is 1. The van der Waals surface area contributed by atoms with Gasteiger partial charge >= 0.3 is 5.97 Å². The summed E-state index contributed by atoms with van der Waals surface area (Å²) < 4.78 is 0. The highest BCUT2D eigenvalue weighted by Gasteiger charge is 2.12. The molecular weight excluding hydrogens is 208 g/mol. The third-order valence-corrected chi connectivity index (χ3v) is 2.12. The van der Waals surface area contributed by atoms with Crippen molar-refractivity contribution in [1.29, 1.82) is 0 Å². The Balaban J connectivity index is 2.66. The minimum absolute atomic E-state index is 0.112. The first-order chi connectivity index (χ1) is 7.68. The summed E-state index contributed by atoms with van der Waals surface area (Å²) in [7, 11) is 0. The number of aromatic carboxylic acids is 1. The van der Waals surface area contributed by atoms with Gasteiger partial charge in [-0.1, -0.05) is 0 Å². The summed E-state index contributed by atoms with van der Waals surface area (Å²) in [5.41, 5.74) is 0.618. The van der Waals surface area contributed by atoms with Crippen LogP contribution in [0.1, 0.15) is 10.5 Å². The van der Waals surface area contributed by atoms with Crippen molar-refractivity contribution >= 4 is 5.97 Å². The third kappa shape index (κ3) is 1.83. The van der Waals surface area contributed by atoms with Crippen LogP contribution in [0.15, 0.2) is 41.5 Å². The first-order valence-electron chi connectivity index (χ1n) is 4.55. The Morgan fingerprint density at radius 3 is 2.50 bits per heavy atom.